The number of nitrogens with one attached hydrogen (secondary N) is 1. The molecule has 0 aliphatic heterocycles. The molecular weight excluding hydrogens is 254 g/mol. The van der Waals surface area contributed by atoms with Gasteiger partial charge in [-0.2, -0.15) is 0 Å². The van der Waals surface area contributed by atoms with Crippen LogP contribution >= 0.6 is 0 Å². The second-order valence-corrected chi connectivity index (χ2v) is 5.29. The lowest BCUT2D eigenvalue weighted by Gasteiger charge is -2.30. The van der Waals surface area contributed by atoms with Crippen molar-refractivity contribution in [2.24, 2.45) is 11.8 Å². The Balaban J connectivity index is 1.94. The first-order valence-corrected chi connectivity index (χ1v) is 7.33. The summed E-state index contributed by atoms with van der Waals surface area (Å²) in [7, 11) is 0. The van der Waals surface area contributed by atoms with Gasteiger partial charge in [0.05, 0.1) is 18.4 Å². The van der Waals surface area contributed by atoms with Crippen molar-refractivity contribution in [3.05, 3.63) is 29.6 Å². The number of nitrogens with zero attached hydrogens (tertiary/aromatic N) is 1. The fourth-order valence-corrected chi connectivity index (χ4v) is 2.81. The van der Waals surface area contributed by atoms with Crippen LogP contribution in [0.1, 0.15) is 55.2 Å². The average molecular weight is 277 g/mol. The fraction of sp³-hybridized carbons (Fsp3) is 0.600. The first kappa shape index (κ1) is 14.9. The van der Waals surface area contributed by atoms with E-state index in [0.717, 1.165) is 18.5 Å². The smallest absolute Gasteiger partial charge is 0.283 e. The van der Waals surface area contributed by atoms with Crippen LogP contribution in [0.3, 0.4) is 0 Å². The topological polar surface area (TPSA) is 77.2 Å². The maximum absolute atomic E-state index is 11.4. The molecule has 2 rings (SSSR count). The molecule has 2 atom stereocenters. The van der Waals surface area contributed by atoms with Crippen LogP contribution in [-0.4, -0.2) is 17.0 Å². The van der Waals surface area contributed by atoms with Gasteiger partial charge < -0.3 is 4.74 Å². The maximum Gasteiger partial charge on any atom is 0.283 e. The molecule has 110 valence electrons. The SMILES string of the molecule is CCC1CCCCC1OCc1cccc(C(=O)NN)n1. The lowest BCUT2D eigenvalue weighted by Crippen LogP contribution is -2.31. The Hall–Kier alpha value is -1.46. The monoisotopic (exact) mass is 277 g/mol. The number of hydrazine groups is 1. The minimum Gasteiger partial charge on any atom is -0.372 e. The molecule has 0 spiro atoms. The zero-order valence-corrected chi connectivity index (χ0v) is 12.0. The molecular formula is C15H23N3O2. The molecule has 0 radical (unpaired) electrons. The van der Waals surface area contributed by atoms with Crippen molar-refractivity contribution in [2.75, 3.05) is 0 Å². The number of hydrogen-bond donors (Lipinski definition) is 2. The van der Waals surface area contributed by atoms with E-state index in [4.69, 9.17) is 10.6 Å². The van der Waals surface area contributed by atoms with Crippen LogP contribution in [0.15, 0.2) is 18.2 Å². The molecule has 0 saturated heterocycles. The summed E-state index contributed by atoms with van der Waals surface area (Å²) < 4.78 is 6.02. The van der Waals surface area contributed by atoms with Crippen LogP contribution in [0.2, 0.25) is 0 Å². The van der Waals surface area contributed by atoms with E-state index in [1.807, 2.05) is 6.07 Å². The molecule has 1 aromatic heterocycles. The molecule has 1 aromatic rings. The van der Waals surface area contributed by atoms with Gasteiger partial charge in [0.2, 0.25) is 0 Å². The van der Waals surface area contributed by atoms with Gasteiger partial charge in [0.1, 0.15) is 5.69 Å². The van der Waals surface area contributed by atoms with Gasteiger partial charge in [0.25, 0.3) is 5.91 Å². The molecule has 0 bridgehead atoms. The summed E-state index contributed by atoms with van der Waals surface area (Å²) in [5, 5.41) is 0. The Morgan fingerprint density at radius 1 is 1.45 bits per heavy atom. The normalized spacial score (nSPS) is 22.5. The predicted molar refractivity (Wildman–Crippen MR) is 76.7 cm³/mol. The highest BCUT2D eigenvalue weighted by molar-refractivity contribution is 5.91. The van der Waals surface area contributed by atoms with Crippen LogP contribution in [0.4, 0.5) is 0 Å². The number of hydrogen-bond acceptors (Lipinski definition) is 4. The van der Waals surface area contributed by atoms with Crippen molar-refractivity contribution < 1.29 is 9.53 Å². The second kappa shape index (κ2) is 7.36. The summed E-state index contributed by atoms with van der Waals surface area (Å²) in [5.41, 5.74) is 3.18. The van der Waals surface area contributed by atoms with Crippen LogP contribution in [0, 0.1) is 5.92 Å². The van der Waals surface area contributed by atoms with E-state index in [1.54, 1.807) is 12.1 Å². The van der Waals surface area contributed by atoms with E-state index in [1.165, 1.54) is 19.3 Å². The molecule has 1 aliphatic rings. The lowest BCUT2D eigenvalue weighted by atomic mass is 9.85. The van der Waals surface area contributed by atoms with E-state index in [9.17, 15) is 4.79 Å². The Labute approximate surface area is 119 Å². The molecule has 5 heteroatoms. The van der Waals surface area contributed by atoms with Gasteiger partial charge >= 0.3 is 0 Å². The fourth-order valence-electron chi connectivity index (χ4n) is 2.81. The number of nitrogens with two attached hydrogens (primary N) is 1. The van der Waals surface area contributed by atoms with Crippen molar-refractivity contribution in [3.8, 4) is 0 Å². The molecule has 1 fully saturated rings. The summed E-state index contributed by atoms with van der Waals surface area (Å²) in [4.78, 5) is 15.7. The van der Waals surface area contributed by atoms with E-state index < -0.39 is 0 Å². The number of ether oxygens (including phenoxy) is 1. The molecule has 5 nitrogen and oxygen atoms in total. The Morgan fingerprint density at radius 2 is 2.25 bits per heavy atom. The Morgan fingerprint density at radius 3 is 3.00 bits per heavy atom. The highest BCUT2D eigenvalue weighted by Crippen LogP contribution is 2.29. The largest absolute Gasteiger partial charge is 0.372 e. The molecule has 0 aromatic carbocycles. The van der Waals surface area contributed by atoms with Gasteiger partial charge in [0, 0.05) is 0 Å². The number of pyridine rings is 1. The van der Waals surface area contributed by atoms with E-state index in [2.05, 4.69) is 17.3 Å². The summed E-state index contributed by atoms with van der Waals surface area (Å²) in [6.07, 6.45) is 6.41. The molecule has 1 saturated carbocycles. The van der Waals surface area contributed by atoms with Crippen molar-refractivity contribution in [3.63, 3.8) is 0 Å². The summed E-state index contributed by atoms with van der Waals surface area (Å²) in [5.74, 6) is 5.38. The molecule has 3 N–H and O–H groups in total. The van der Waals surface area contributed by atoms with Crippen molar-refractivity contribution in [2.45, 2.75) is 51.7 Å². The quantitative estimate of drug-likeness (QED) is 0.491. The number of carbonyl (C=O) groups is 1. The lowest BCUT2D eigenvalue weighted by molar-refractivity contribution is -0.0234. The van der Waals surface area contributed by atoms with E-state index >= 15 is 0 Å². The summed E-state index contributed by atoms with van der Waals surface area (Å²) in [6.45, 7) is 2.67. The van der Waals surface area contributed by atoms with Gasteiger partial charge in [-0.25, -0.2) is 10.8 Å². The van der Waals surface area contributed by atoms with Crippen LogP contribution < -0.4 is 11.3 Å². The third-order valence-corrected chi connectivity index (χ3v) is 3.98. The van der Waals surface area contributed by atoms with Crippen LogP contribution in [-0.2, 0) is 11.3 Å². The molecule has 20 heavy (non-hydrogen) atoms. The van der Waals surface area contributed by atoms with Crippen LogP contribution in [0.5, 0.6) is 0 Å². The Bertz CT molecular complexity index is 450. The van der Waals surface area contributed by atoms with Crippen molar-refractivity contribution in [1.82, 2.24) is 10.4 Å². The summed E-state index contributed by atoms with van der Waals surface area (Å²) >= 11 is 0. The third kappa shape index (κ3) is 3.77. The highest BCUT2D eigenvalue weighted by Gasteiger charge is 2.24. The number of carbonyl (C=O) groups excluding carboxylic acids is 1. The second-order valence-electron chi connectivity index (χ2n) is 5.29. The number of rotatable bonds is 5. The van der Waals surface area contributed by atoms with Gasteiger partial charge in [-0.15, -0.1) is 0 Å². The standard InChI is InChI=1S/C15H23N3O2/c1-2-11-6-3-4-9-14(11)20-10-12-7-5-8-13(17-12)15(19)18-16/h5,7-8,11,14H,2-4,6,9-10,16H2,1H3,(H,18,19). The first-order chi connectivity index (χ1) is 9.74. The first-order valence-electron chi connectivity index (χ1n) is 7.33. The minimum absolute atomic E-state index is 0.322. The zero-order valence-electron chi connectivity index (χ0n) is 12.0. The predicted octanol–water partition coefficient (Wildman–Crippen LogP) is 2.17. The number of amides is 1. The van der Waals surface area contributed by atoms with Gasteiger partial charge in [-0.1, -0.05) is 32.3 Å². The highest BCUT2D eigenvalue weighted by atomic mass is 16.5. The van der Waals surface area contributed by atoms with Gasteiger partial charge in [-0.05, 0) is 30.9 Å². The average Bonchev–Trinajstić information content (AvgIpc) is 2.52. The number of nitrogen functional groups attached to an aromatic ring is 1. The third-order valence-electron chi connectivity index (χ3n) is 3.98. The number of aromatic nitrogens is 1. The molecule has 1 aliphatic carbocycles. The molecule has 2 unspecified atom stereocenters. The maximum atomic E-state index is 11.4. The van der Waals surface area contributed by atoms with E-state index in [-0.39, 0.29) is 5.91 Å². The van der Waals surface area contributed by atoms with Gasteiger partial charge in [-0.3, -0.25) is 10.2 Å². The molecule has 1 amide bonds. The van der Waals surface area contributed by atoms with Crippen molar-refractivity contribution in [1.29, 1.82) is 0 Å². The molecule has 1 heterocycles. The van der Waals surface area contributed by atoms with Crippen LogP contribution in [0.25, 0.3) is 0 Å². The minimum atomic E-state index is -0.379. The Kier molecular flexibility index (Phi) is 5.49. The van der Waals surface area contributed by atoms with E-state index in [0.29, 0.717) is 24.3 Å². The summed E-state index contributed by atoms with van der Waals surface area (Å²) in [6, 6.07) is 5.31. The van der Waals surface area contributed by atoms with Gasteiger partial charge in [0.15, 0.2) is 0 Å². The zero-order chi connectivity index (χ0) is 14.4. The van der Waals surface area contributed by atoms with Crippen molar-refractivity contribution >= 4 is 5.91 Å².